The van der Waals surface area contributed by atoms with Gasteiger partial charge in [-0.1, -0.05) is 13.8 Å². The highest BCUT2D eigenvalue weighted by Gasteiger charge is 2.25. The molecular formula is C19H28N2O4. The van der Waals surface area contributed by atoms with Gasteiger partial charge in [0.15, 0.2) is 0 Å². The maximum Gasteiger partial charge on any atom is 0.254 e. The summed E-state index contributed by atoms with van der Waals surface area (Å²) in [6, 6.07) is 5.16. The van der Waals surface area contributed by atoms with E-state index in [1.165, 1.54) is 0 Å². The highest BCUT2D eigenvalue weighted by Crippen LogP contribution is 2.24. The number of ether oxygens (including phenoxy) is 2. The highest BCUT2D eigenvalue weighted by atomic mass is 16.5. The van der Waals surface area contributed by atoms with Crippen LogP contribution in [0.2, 0.25) is 0 Å². The third-order valence-corrected chi connectivity index (χ3v) is 4.45. The number of carbonyl (C=O) groups is 2. The van der Waals surface area contributed by atoms with Crippen LogP contribution in [-0.4, -0.2) is 62.0 Å². The van der Waals surface area contributed by atoms with E-state index in [2.05, 4.69) is 13.8 Å². The summed E-state index contributed by atoms with van der Waals surface area (Å²) in [5.41, 5.74) is 0.538. The van der Waals surface area contributed by atoms with Crippen molar-refractivity contribution in [2.75, 3.05) is 40.4 Å². The molecule has 2 rings (SSSR count). The molecule has 0 unspecified atom stereocenters. The Morgan fingerprint density at radius 1 is 0.960 bits per heavy atom. The smallest absolute Gasteiger partial charge is 0.254 e. The minimum Gasteiger partial charge on any atom is -0.497 e. The van der Waals surface area contributed by atoms with E-state index in [4.69, 9.17) is 9.47 Å². The number of hydrogen-bond donors (Lipinski definition) is 0. The van der Waals surface area contributed by atoms with Gasteiger partial charge < -0.3 is 19.3 Å². The molecule has 1 aromatic rings. The molecule has 0 bridgehead atoms. The molecule has 6 heteroatoms. The lowest BCUT2D eigenvalue weighted by molar-refractivity contribution is -0.132. The predicted octanol–water partition coefficient (Wildman–Crippen LogP) is 2.42. The number of methoxy groups -OCH3 is 2. The number of amides is 2. The fraction of sp³-hybridized carbons (Fsp3) is 0.579. The second kappa shape index (κ2) is 8.74. The summed E-state index contributed by atoms with van der Waals surface area (Å²) < 4.78 is 10.5. The topological polar surface area (TPSA) is 59.1 Å². The van der Waals surface area contributed by atoms with Crippen LogP contribution >= 0.6 is 0 Å². The van der Waals surface area contributed by atoms with Gasteiger partial charge in [-0.2, -0.15) is 0 Å². The van der Waals surface area contributed by atoms with Crippen molar-refractivity contribution >= 4 is 11.8 Å². The van der Waals surface area contributed by atoms with Crippen LogP contribution in [0.5, 0.6) is 11.5 Å². The quantitative estimate of drug-likeness (QED) is 0.792. The molecule has 0 spiro atoms. The van der Waals surface area contributed by atoms with E-state index in [1.54, 1.807) is 37.3 Å². The lowest BCUT2D eigenvalue weighted by atomic mass is 10.1. The van der Waals surface area contributed by atoms with Crippen molar-refractivity contribution in [3.63, 3.8) is 0 Å². The molecule has 1 aromatic carbocycles. The van der Waals surface area contributed by atoms with Gasteiger partial charge in [-0.05, 0) is 24.5 Å². The summed E-state index contributed by atoms with van der Waals surface area (Å²) >= 11 is 0. The van der Waals surface area contributed by atoms with E-state index in [0.717, 1.165) is 6.42 Å². The third-order valence-electron chi connectivity index (χ3n) is 4.45. The minimum absolute atomic E-state index is 0.0634. The summed E-state index contributed by atoms with van der Waals surface area (Å²) in [6.07, 6.45) is 1.49. The normalized spacial score (nSPS) is 14.6. The van der Waals surface area contributed by atoms with E-state index in [9.17, 15) is 9.59 Å². The molecule has 1 saturated heterocycles. The van der Waals surface area contributed by atoms with Gasteiger partial charge in [0.1, 0.15) is 11.5 Å². The molecule has 1 aliphatic heterocycles. The predicted molar refractivity (Wildman–Crippen MR) is 96.1 cm³/mol. The molecule has 1 aliphatic rings. The van der Waals surface area contributed by atoms with E-state index in [1.807, 2.05) is 4.90 Å². The summed E-state index contributed by atoms with van der Waals surface area (Å²) in [5.74, 6) is 1.82. The highest BCUT2D eigenvalue weighted by molar-refractivity contribution is 5.95. The summed E-state index contributed by atoms with van der Waals surface area (Å²) in [4.78, 5) is 28.6. The molecule has 0 radical (unpaired) electrons. The standard InChI is InChI=1S/C19H28N2O4/c1-14(2)5-6-18(22)20-7-9-21(10-8-20)19(23)15-11-16(24-3)13-17(12-15)25-4/h11-14H,5-10H2,1-4H3. The lowest BCUT2D eigenvalue weighted by Crippen LogP contribution is -2.50. The Labute approximate surface area is 149 Å². The molecule has 25 heavy (non-hydrogen) atoms. The van der Waals surface area contributed by atoms with Crippen molar-refractivity contribution in [2.45, 2.75) is 26.7 Å². The fourth-order valence-electron chi connectivity index (χ4n) is 2.84. The number of piperazine rings is 1. The van der Waals surface area contributed by atoms with Gasteiger partial charge in [-0.3, -0.25) is 9.59 Å². The first-order valence-electron chi connectivity index (χ1n) is 8.74. The Morgan fingerprint density at radius 3 is 1.96 bits per heavy atom. The largest absolute Gasteiger partial charge is 0.497 e. The molecule has 0 aromatic heterocycles. The van der Waals surface area contributed by atoms with Crippen molar-refractivity contribution < 1.29 is 19.1 Å². The molecule has 0 aliphatic carbocycles. The number of hydrogen-bond acceptors (Lipinski definition) is 4. The number of rotatable bonds is 6. The second-order valence-electron chi connectivity index (χ2n) is 6.71. The van der Waals surface area contributed by atoms with Crippen LogP contribution in [0.3, 0.4) is 0 Å². The zero-order valence-corrected chi connectivity index (χ0v) is 15.6. The number of benzene rings is 1. The fourth-order valence-corrected chi connectivity index (χ4v) is 2.84. The van der Waals surface area contributed by atoms with Gasteiger partial charge in [-0.25, -0.2) is 0 Å². The van der Waals surface area contributed by atoms with Gasteiger partial charge >= 0.3 is 0 Å². The van der Waals surface area contributed by atoms with Gasteiger partial charge in [0.05, 0.1) is 14.2 Å². The zero-order valence-electron chi connectivity index (χ0n) is 15.6. The average molecular weight is 348 g/mol. The zero-order chi connectivity index (χ0) is 18.4. The molecule has 0 atom stereocenters. The minimum atomic E-state index is -0.0634. The Morgan fingerprint density at radius 2 is 1.48 bits per heavy atom. The molecule has 1 fully saturated rings. The molecule has 6 nitrogen and oxygen atoms in total. The van der Waals surface area contributed by atoms with Gasteiger partial charge in [0.2, 0.25) is 5.91 Å². The van der Waals surface area contributed by atoms with Crippen LogP contribution in [0.1, 0.15) is 37.0 Å². The molecular weight excluding hydrogens is 320 g/mol. The van der Waals surface area contributed by atoms with Crippen LogP contribution in [-0.2, 0) is 4.79 Å². The maximum absolute atomic E-state index is 12.7. The third kappa shape index (κ3) is 5.11. The lowest BCUT2D eigenvalue weighted by Gasteiger charge is -2.35. The van der Waals surface area contributed by atoms with Crippen molar-refractivity contribution in [3.8, 4) is 11.5 Å². The molecule has 0 saturated carbocycles. The van der Waals surface area contributed by atoms with Crippen LogP contribution in [0.25, 0.3) is 0 Å². The van der Waals surface area contributed by atoms with Crippen molar-refractivity contribution in [1.82, 2.24) is 9.80 Å². The van der Waals surface area contributed by atoms with Crippen molar-refractivity contribution in [3.05, 3.63) is 23.8 Å². The van der Waals surface area contributed by atoms with Crippen molar-refractivity contribution in [2.24, 2.45) is 5.92 Å². The number of nitrogens with zero attached hydrogens (tertiary/aromatic N) is 2. The van der Waals surface area contributed by atoms with E-state index in [0.29, 0.717) is 55.6 Å². The average Bonchev–Trinajstić information content (AvgIpc) is 2.65. The van der Waals surface area contributed by atoms with Crippen molar-refractivity contribution in [1.29, 1.82) is 0 Å². The first-order chi connectivity index (χ1) is 11.9. The van der Waals surface area contributed by atoms with Gasteiger partial charge in [0, 0.05) is 44.2 Å². The monoisotopic (exact) mass is 348 g/mol. The molecule has 1 heterocycles. The van der Waals surface area contributed by atoms with E-state index in [-0.39, 0.29) is 11.8 Å². The maximum atomic E-state index is 12.7. The first kappa shape index (κ1) is 19.1. The Kier molecular flexibility index (Phi) is 6.67. The van der Waals surface area contributed by atoms with E-state index >= 15 is 0 Å². The van der Waals surface area contributed by atoms with Crippen LogP contribution in [0, 0.1) is 5.92 Å². The van der Waals surface area contributed by atoms with E-state index < -0.39 is 0 Å². The van der Waals surface area contributed by atoms with Gasteiger partial charge in [-0.15, -0.1) is 0 Å². The SMILES string of the molecule is COc1cc(OC)cc(C(=O)N2CCN(C(=O)CCC(C)C)CC2)c1. The van der Waals surface area contributed by atoms with Crippen LogP contribution in [0.15, 0.2) is 18.2 Å². The molecule has 2 amide bonds. The Bertz CT molecular complexity index is 585. The summed E-state index contributed by atoms with van der Waals surface area (Å²) in [5, 5.41) is 0. The van der Waals surface area contributed by atoms with Crippen LogP contribution < -0.4 is 9.47 Å². The summed E-state index contributed by atoms with van der Waals surface area (Å²) in [7, 11) is 3.12. The summed E-state index contributed by atoms with van der Waals surface area (Å²) in [6.45, 7) is 6.50. The Hall–Kier alpha value is -2.24. The Balaban J connectivity index is 1.96. The first-order valence-corrected chi connectivity index (χ1v) is 8.74. The molecule has 138 valence electrons. The second-order valence-corrected chi connectivity index (χ2v) is 6.71. The number of carbonyl (C=O) groups excluding carboxylic acids is 2. The molecule has 0 N–H and O–H groups in total. The van der Waals surface area contributed by atoms with Crippen LogP contribution in [0.4, 0.5) is 0 Å². The van der Waals surface area contributed by atoms with Gasteiger partial charge in [0.25, 0.3) is 5.91 Å².